The highest BCUT2D eigenvalue weighted by molar-refractivity contribution is 14.1. The van der Waals surface area contributed by atoms with E-state index in [0.29, 0.717) is 0 Å². The Labute approximate surface area is 82.6 Å². The van der Waals surface area contributed by atoms with Crippen molar-refractivity contribution < 1.29 is 0 Å². The molecule has 0 aliphatic rings. The van der Waals surface area contributed by atoms with Crippen molar-refractivity contribution in [2.45, 2.75) is 6.92 Å². The van der Waals surface area contributed by atoms with Crippen LogP contribution in [0.4, 0.5) is 0 Å². The fourth-order valence-corrected chi connectivity index (χ4v) is 2.64. The summed E-state index contributed by atoms with van der Waals surface area (Å²) in [5.74, 6) is 0. The Morgan fingerprint density at radius 1 is 1.45 bits per heavy atom. The second kappa shape index (κ2) is 2.71. The fraction of sp³-hybridized carbons (Fsp3) is 0.125. The zero-order valence-electron chi connectivity index (χ0n) is 5.97. The highest BCUT2D eigenvalue weighted by Gasteiger charge is 2.02. The summed E-state index contributed by atoms with van der Waals surface area (Å²) in [6.45, 7) is 2.10. The van der Waals surface area contributed by atoms with Crippen LogP contribution in [0, 0.1) is 10.5 Å². The summed E-state index contributed by atoms with van der Waals surface area (Å²) in [5.41, 5.74) is 4.32. The number of hydrogen-bond acceptors (Lipinski definition) is 2. The van der Waals surface area contributed by atoms with Crippen LogP contribution in [0.15, 0.2) is 17.6 Å². The lowest BCUT2D eigenvalue weighted by molar-refractivity contribution is 1.42. The average molecular weight is 275 g/mol. The van der Waals surface area contributed by atoms with Crippen LogP contribution < -0.4 is 0 Å². The normalized spacial score (nSPS) is 10.7. The number of hydrogen-bond donors (Lipinski definition) is 0. The molecule has 3 heteroatoms. The molecule has 0 spiro atoms. The first-order chi connectivity index (χ1) is 5.29. The average Bonchev–Trinajstić information content (AvgIpc) is 2.45. The van der Waals surface area contributed by atoms with Crippen LogP contribution in [-0.2, 0) is 0 Å². The molecule has 0 aliphatic carbocycles. The topological polar surface area (TPSA) is 12.9 Å². The second-order valence-electron chi connectivity index (χ2n) is 2.39. The van der Waals surface area contributed by atoms with Crippen molar-refractivity contribution in [3.63, 3.8) is 0 Å². The minimum absolute atomic E-state index is 1.15. The third kappa shape index (κ3) is 1.16. The van der Waals surface area contributed by atoms with Gasteiger partial charge in [-0.25, -0.2) is 4.98 Å². The van der Waals surface area contributed by atoms with Gasteiger partial charge < -0.3 is 0 Å². The molecule has 0 N–H and O–H groups in total. The maximum absolute atomic E-state index is 4.29. The monoisotopic (exact) mass is 275 g/mol. The number of benzene rings is 1. The van der Waals surface area contributed by atoms with Crippen LogP contribution in [0.1, 0.15) is 5.56 Å². The summed E-state index contributed by atoms with van der Waals surface area (Å²) in [5, 5.41) is 0. The predicted octanol–water partition coefficient (Wildman–Crippen LogP) is 3.21. The van der Waals surface area contributed by atoms with Gasteiger partial charge in [0.1, 0.15) is 0 Å². The molecule has 56 valence electrons. The van der Waals surface area contributed by atoms with E-state index in [1.54, 1.807) is 11.3 Å². The number of rotatable bonds is 0. The van der Waals surface area contributed by atoms with E-state index >= 15 is 0 Å². The van der Waals surface area contributed by atoms with Gasteiger partial charge in [-0.15, -0.1) is 11.3 Å². The molecule has 0 saturated heterocycles. The van der Waals surface area contributed by atoms with Crippen molar-refractivity contribution in [2.75, 3.05) is 0 Å². The summed E-state index contributed by atoms with van der Waals surface area (Å²) in [6.07, 6.45) is 0. The number of aromatic nitrogens is 1. The second-order valence-corrected chi connectivity index (χ2v) is 4.41. The fourth-order valence-electron chi connectivity index (χ4n) is 1.05. The van der Waals surface area contributed by atoms with Gasteiger partial charge in [-0.1, -0.05) is 6.07 Å². The van der Waals surface area contributed by atoms with E-state index in [1.165, 1.54) is 13.8 Å². The first-order valence-electron chi connectivity index (χ1n) is 3.27. The minimum atomic E-state index is 1.15. The van der Waals surface area contributed by atoms with E-state index in [9.17, 15) is 0 Å². The Bertz CT molecular complexity index is 358. The van der Waals surface area contributed by atoms with Gasteiger partial charge in [-0.3, -0.25) is 0 Å². The van der Waals surface area contributed by atoms with E-state index in [1.807, 2.05) is 5.51 Å². The lowest BCUT2D eigenvalue weighted by Crippen LogP contribution is -1.77. The smallest absolute Gasteiger partial charge is 0.0851 e. The first-order valence-corrected chi connectivity index (χ1v) is 5.23. The Hall–Kier alpha value is -0.160. The lowest BCUT2D eigenvalue weighted by atomic mass is 10.2. The zero-order valence-corrected chi connectivity index (χ0v) is 8.94. The summed E-state index contributed by atoms with van der Waals surface area (Å²) < 4.78 is 2.61. The van der Waals surface area contributed by atoms with Crippen molar-refractivity contribution in [2.24, 2.45) is 0 Å². The predicted molar refractivity (Wildman–Crippen MR) is 57.1 cm³/mol. The van der Waals surface area contributed by atoms with E-state index < -0.39 is 0 Å². The van der Waals surface area contributed by atoms with Crippen molar-refractivity contribution >= 4 is 44.1 Å². The number of nitrogens with zero attached hydrogens (tertiary/aromatic N) is 1. The minimum Gasteiger partial charge on any atom is -0.244 e. The molecule has 1 nitrogen and oxygen atoms in total. The third-order valence-corrected chi connectivity index (χ3v) is 3.76. The van der Waals surface area contributed by atoms with Crippen LogP contribution in [0.25, 0.3) is 10.2 Å². The molecule has 1 aromatic carbocycles. The number of thiazole rings is 1. The van der Waals surface area contributed by atoms with Crippen molar-refractivity contribution in [1.29, 1.82) is 0 Å². The number of fused-ring (bicyclic) bond motifs is 1. The van der Waals surface area contributed by atoms with E-state index in [4.69, 9.17) is 0 Å². The molecule has 0 fully saturated rings. The molecule has 1 aromatic heterocycles. The lowest BCUT2D eigenvalue weighted by Gasteiger charge is -1.94. The third-order valence-electron chi connectivity index (χ3n) is 1.64. The van der Waals surface area contributed by atoms with Crippen LogP contribution in [0.3, 0.4) is 0 Å². The van der Waals surface area contributed by atoms with Crippen LogP contribution in [0.2, 0.25) is 0 Å². The van der Waals surface area contributed by atoms with E-state index in [-0.39, 0.29) is 0 Å². The summed E-state index contributed by atoms with van der Waals surface area (Å²) in [7, 11) is 0. The summed E-state index contributed by atoms with van der Waals surface area (Å²) in [6, 6.07) is 4.25. The number of aryl methyl sites for hydroxylation is 1. The number of halogens is 1. The Morgan fingerprint density at radius 2 is 2.27 bits per heavy atom. The molecular formula is C8H6INS. The van der Waals surface area contributed by atoms with Crippen LogP contribution in [-0.4, -0.2) is 4.98 Å². The summed E-state index contributed by atoms with van der Waals surface area (Å²) in [4.78, 5) is 4.29. The van der Waals surface area contributed by atoms with Gasteiger partial charge in [0.15, 0.2) is 0 Å². The molecule has 0 unspecified atom stereocenters. The Morgan fingerprint density at radius 3 is 3.00 bits per heavy atom. The molecular weight excluding hydrogens is 269 g/mol. The van der Waals surface area contributed by atoms with Crippen LogP contribution >= 0.6 is 33.9 Å². The molecule has 0 radical (unpaired) electrons. The van der Waals surface area contributed by atoms with Gasteiger partial charge in [0.2, 0.25) is 0 Å². The Kier molecular flexibility index (Phi) is 1.85. The van der Waals surface area contributed by atoms with Gasteiger partial charge in [0, 0.05) is 3.57 Å². The molecule has 0 aliphatic heterocycles. The van der Waals surface area contributed by atoms with Gasteiger partial charge in [0.05, 0.1) is 15.7 Å². The zero-order chi connectivity index (χ0) is 7.84. The van der Waals surface area contributed by atoms with Crippen molar-refractivity contribution in [3.05, 3.63) is 26.8 Å². The maximum Gasteiger partial charge on any atom is 0.0851 e. The van der Waals surface area contributed by atoms with E-state index in [2.05, 4.69) is 46.6 Å². The molecule has 2 rings (SSSR count). The van der Waals surface area contributed by atoms with E-state index in [0.717, 1.165) is 5.52 Å². The van der Waals surface area contributed by atoms with Crippen molar-refractivity contribution in [3.8, 4) is 0 Å². The Balaban J connectivity index is 2.96. The molecule has 0 saturated carbocycles. The molecule has 0 bridgehead atoms. The standard InChI is InChI=1S/C8H6INS/c1-5-2-3-6(9)8-7(5)10-4-11-8/h2-4H,1H3. The first kappa shape index (κ1) is 7.49. The molecule has 11 heavy (non-hydrogen) atoms. The van der Waals surface area contributed by atoms with Crippen molar-refractivity contribution in [1.82, 2.24) is 4.98 Å². The SMILES string of the molecule is Cc1ccc(I)c2scnc12. The summed E-state index contributed by atoms with van der Waals surface area (Å²) >= 11 is 4.05. The van der Waals surface area contributed by atoms with Gasteiger partial charge in [-0.2, -0.15) is 0 Å². The maximum atomic E-state index is 4.29. The van der Waals surface area contributed by atoms with Crippen LogP contribution in [0.5, 0.6) is 0 Å². The van der Waals surface area contributed by atoms with Gasteiger partial charge in [-0.05, 0) is 41.1 Å². The largest absolute Gasteiger partial charge is 0.244 e. The molecule has 0 amide bonds. The molecule has 1 heterocycles. The molecule has 0 atom stereocenters. The quantitative estimate of drug-likeness (QED) is 0.673. The van der Waals surface area contributed by atoms with Gasteiger partial charge in [0.25, 0.3) is 0 Å². The molecule has 2 aromatic rings. The highest BCUT2D eigenvalue weighted by Crippen LogP contribution is 2.25. The van der Waals surface area contributed by atoms with Gasteiger partial charge >= 0.3 is 0 Å². The highest BCUT2D eigenvalue weighted by atomic mass is 127.